The van der Waals surface area contributed by atoms with E-state index in [0.717, 1.165) is 11.1 Å². The highest BCUT2D eigenvalue weighted by Crippen LogP contribution is 2.12. The van der Waals surface area contributed by atoms with Crippen LogP contribution in [0.3, 0.4) is 0 Å². The number of halogens is 1. The van der Waals surface area contributed by atoms with E-state index >= 15 is 0 Å². The van der Waals surface area contributed by atoms with Crippen molar-refractivity contribution in [1.29, 1.82) is 0 Å². The van der Waals surface area contributed by atoms with Gasteiger partial charge in [0.15, 0.2) is 0 Å². The Morgan fingerprint density at radius 2 is 1.85 bits per heavy atom. The van der Waals surface area contributed by atoms with Crippen molar-refractivity contribution in [2.24, 2.45) is 0 Å². The summed E-state index contributed by atoms with van der Waals surface area (Å²) in [4.78, 5) is 11.9. The lowest BCUT2D eigenvalue weighted by atomic mass is 10.1. The molecule has 2 aromatic carbocycles. The number of amides is 1. The van der Waals surface area contributed by atoms with Gasteiger partial charge in [0, 0.05) is 11.1 Å². The Bertz CT molecular complexity index is 683. The van der Waals surface area contributed by atoms with Crippen LogP contribution in [0.25, 0.3) is 0 Å². The molecule has 0 bridgehead atoms. The Balaban J connectivity index is 1.96. The summed E-state index contributed by atoms with van der Waals surface area (Å²) >= 11 is 5.99. The fourth-order valence-corrected chi connectivity index (χ4v) is 1.93. The topological polar surface area (TPSA) is 29.1 Å². The zero-order chi connectivity index (χ0) is 14.4. The molecule has 0 saturated heterocycles. The van der Waals surface area contributed by atoms with E-state index in [1.165, 1.54) is 0 Å². The van der Waals surface area contributed by atoms with E-state index in [4.69, 9.17) is 11.6 Å². The van der Waals surface area contributed by atoms with Crippen molar-refractivity contribution in [2.45, 2.75) is 6.92 Å². The zero-order valence-electron chi connectivity index (χ0n) is 11.1. The molecule has 0 saturated carbocycles. The lowest BCUT2D eigenvalue weighted by Crippen LogP contribution is -2.24. The van der Waals surface area contributed by atoms with Crippen LogP contribution in [0.2, 0.25) is 5.02 Å². The van der Waals surface area contributed by atoms with Gasteiger partial charge in [-0.1, -0.05) is 53.8 Å². The Kier molecular flexibility index (Phi) is 4.81. The number of benzene rings is 2. The SMILES string of the molecule is Cc1ccccc1C(=O)NCC#Cc1ccccc1Cl. The smallest absolute Gasteiger partial charge is 0.252 e. The summed E-state index contributed by atoms with van der Waals surface area (Å²) in [6.07, 6.45) is 0. The third kappa shape index (κ3) is 3.63. The number of hydrogen-bond acceptors (Lipinski definition) is 1. The van der Waals surface area contributed by atoms with E-state index < -0.39 is 0 Å². The van der Waals surface area contributed by atoms with Crippen molar-refractivity contribution in [1.82, 2.24) is 5.32 Å². The number of rotatable bonds is 2. The van der Waals surface area contributed by atoms with Gasteiger partial charge in [0.25, 0.3) is 5.91 Å². The predicted molar refractivity (Wildman–Crippen MR) is 81.8 cm³/mol. The average molecular weight is 284 g/mol. The van der Waals surface area contributed by atoms with Crippen molar-refractivity contribution in [3.63, 3.8) is 0 Å². The second-order valence-corrected chi connectivity index (χ2v) is 4.69. The molecule has 0 atom stereocenters. The minimum absolute atomic E-state index is 0.114. The molecule has 2 rings (SSSR count). The predicted octanol–water partition coefficient (Wildman–Crippen LogP) is 3.43. The van der Waals surface area contributed by atoms with Crippen molar-refractivity contribution in [3.8, 4) is 11.8 Å². The summed E-state index contributed by atoms with van der Waals surface area (Å²) in [6, 6.07) is 14.8. The van der Waals surface area contributed by atoms with Gasteiger partial charge in [-0.25, -0.2) is 0 Å². The van der Waals surface area contributed by atoms with Gasteiger partial charge in [0.2, 0.25) is 0 Å². The molecule has 100 valence electrons. The fraction of sp³-hybridized carbons (Fsp3) is 0.118. The molecule has 2 aromatic rings. The van der Waals surface area contributed by atoms with Crippen LogP contribution in [-0.4, -0.2) is 12.5 Å². The largest absolute Gasteiger partial charge is 0.341 e. The van der Waals surface area contributed by atoms with E-state index in [1.54, 1.807) is 12.1 Å². The Morgan fingerprint density at radius 3 is 2.60 bits per heavy atom. The maximum Gasteiger partial charge on any atom is 0.252 e. The highest BCUT2D eigenvalue weighted by Gasteiger charge is 2.05. The zero-order valence-corrected chi connectivity index (χ0v) is 11.9. The van der Waals surface area contributed by atoms with E-state index in [1.807, 2.05) is 43.3 Å². The lowest BCUT2D eigenvalue weighted by molar-refractivity contribution is 0.0958. The summed E-state index contributed by atoms with van der Waals surface area (Å²) in [5, 5.41) is 3.39. The van der Waals surface area contributed by atoms with Crippen molar-refractivity contribution in [2.75, 3.05) is 6.54 Å². The van der Waals surface area contributed by atoms with Crippen LogP contribution in [0.1, 0.15) is 21.5 Å². The van der Waals surface area contributed by atoms with Gasteiger partial charge < -0.3 is 5.32 Å². The summed E-state index contributed by atoms with van der Waals surface area (Å²) < 4.78 is 0. The summed E-state index contributed by atoms with van der Waals surface area (Å²) in [5.41, 5.74) is 2.38. The van der Waals surface area contributed by atoms with Crippen LogP contribution in [0.4, 0.5) is 0 Å². The van der Waals surface area contributed by atoms with E-state index in [0.29, 0.717) is 17.1 Å². The van der Waals surface area contributed by atoms with Crippen molar-refractivity contribution in [3.05, 3.63) is 70.2 Å². The van der Waals surface area contributed by atoms with Gasteiger partial charge in [0.1, 0.15) is 0 Å². The van der Waals surface area contributed by atoms with Gasteiger partial charge in [-0.3, -0.25) is 4.79 Å². The van der Waals surface area contributed by atoms with Crippen molar-refractivity contribution < 1.29 is 4.79 Å². The molecule has 20 heavy (non-hydrogen) atoms. The summed E-state index contributed by atoms with van der Waals surface area (Å²) in [7, 11) is 0. The quantitative estimate of drug-likeness (QED) is 0.841. The monoisotopic (exact) mass is 283 g/mol. The highest BCUT2D eigenvalue weighted by atomic mass is 35.5. The maximum absolute atomic E-state index is 11.9. The molecule has 0 aliphatic carbocycles. The molecule has 0 spiro atoms. The summed E-state index contributed by atoms with van der Waals surface area (Å²) in [6.45, 7) is 2.20. The van der Waals surface area contributed by atoms with Gasteiger partial charge in [0.05, 0.1) is 11.6 Å². The van der Waals surface area contributed by atoms with E-state index in [2.05, 4.69) is 17.2 Å². The highest BCUT2D eigenvalue weighted by molar-refractivity contribution is 6.31. The molecule has 0 aliphatic rings. The number of carbonyl (C=O) groups is 1. The third-order valence-corrected chi connectivity index (χ3v) is 3.15. The summed E-state index contributed by atoms with van der Waals surface area (Å²) in [5.74, 6) is 5.72. The first-order chi connectivity index (χ1) is 9.68. The van der Waals surface area contributed by atoms with Gasteiger partial charge in [-0.05, 0) is 30.7 Å². The van der Waals surface area contributed by atoms with Gasteiger partial charge in [-0.15, -0.1) is 0 Å². The third-order valence-electron chi connectivity index (χ3n) is 2.82. The molecule has 0 heterocycles. The first kappa shape index (κ1) is 14.2. The van der Waals surface area contributed by atoms with Crippen LogP contribution in [-0.2, 0) is 0 Å². The lowest BCUT2D eigenvalue weighted by Gasteiger charge is -2.04. The van der Waals surface area contributed by atoms with E-state index in [-0.39, 0.29) is 5.91 Å². The molecular formula is C17H14ClNO. The van der Waals surface area contributed by atoms with Gasteiger partial charge in [-0.2, -0.15) is 0 Å². The molecule has 2 nitrogen and oxygen atoms in total. The molecular weight excluding hydrogens is 270 g/mol. The molecule has 0 unspecified atom stereocenters. The van der Waals surface area contributed by atoms with Crippen LogP contribution in [0, 0.1) is 18.8 Å². The minimum Gasteiger partial charge on any atom is -0.341 e. The molecule has 0 aliphatic heterocycles. The molecule has 1 N–H and O–H groups in total. The first-order valence-corrected chi connectivity index (χ1v) is 6.63. The molecule has 3 heteroatoms. The van der Waals surface area contributed by atoms with E-state index in [9.17, 15) is 4.79 Å². The number of aryl methyl sites for hydroxylation is 1. The molecule has 0 aromatic heterocycles. The number of hydrogen-bond donors (Lipinski definition) is 1. The normalized spacial score (nSPS) is 9.50. The molecule has 0 radical (unpaired) electrons. The second-order valence-electron chi connectivity index (χ2n) is 4.28. The molecule has 1 amide bonds. The number of carbonyl (C=O) groups excluding carboxylic acids is 1. The second kappa shape index (κ2) is 6.79. The van der Waals surface area contributed by atoms with Crippen molar-refractivity contribution >= 4 is 17.5 Å². The first-order valence-electron chi connectivity index (χ1n) is 6.25. The standard InChI is InChI=1S/C17H14ClNO/c1-13-7-2-4-10-15(13)17(20)19-12-6-9-14-8-3-5-11-16(14)18/h2-5,7-8,10-11H,12H2,1H3,(H,19,20). The fourth-order valence-electron chi connectivity index (χ4n) is 1.75. The average Bonchev–Trinajstić information content (AvgIpc) is 2.45. The molecule has 0 fully saturated rings. The number of nitrogens with one attached hydrogen (secondary N) is 1. The van der Waals surface area contributed by atoms with Crippen LogP contribution in [0.15, 0.2) is 48.5 Å². The van der Waals surface area contributed by atoms with Gasteiger partial charge >= 0.3 is 0 Å². The Morgan fingerprint density at radius 1 is 1.15 bits per heavy atom. The van der Waals surface area contributed by atoms with Crippen LogP contribution >= 0.6 is 11.6 Å². The Labute approximate surface area is 123 Å². The maximum atomic E-state index is 11.9. The van der Waals surface area contributed by atoms with Crippen LogP contribution in [0.5, 0.6) is 0 Å². The van der Waals surface area contributed by atoms with Crippen LogP contribution < -0.4 is 5.32 Å². The Hall–Kier alpha value is -2.24. The minimum atomic E-state index is -0.114.